The van der Waals surface area contributed by atoms with Crippen LogP contribution in [0.3, 0.4) is 0 Å². The molecule has 0 aliphatic carbocycles. The molecule has 0 atom stereocenters. The van der Waals surface area contributed by atoms with Crippen LogP contribution in [0.5, 0.6) is 0 Å². The predicted octanol–water partition coefficient (Wildman–Crippen LogP) is 4.92. The summed E-state index contributed by atoms with van der Waals surface area (Å²) in [6.07, 6.45) is 5.06. The molecule has 0 bridgehead atoms. The monoisotopic (exact) mass is 474 g/mol. The van der Waals surface area contributed by atoms with E-state index >= 15 is 0 Å². The third kappa shape index (κ3) is 5.25. The van der Waals surface area contributed by atoms with E-state index in [-0.39, 0.29) is 4.90 Å². The molecular weight excluding hydrogens is 455 g/mol. The number of aryl methyl sites for hydroxylation is 2. The second-order valence-corrected chi connectivity index (χ2v) is 9.87. The molecule has 6 nitrogen and oxygen atoms in total. The maximum Gasteiger partial charge on any atom is 0.240 e. The molecule has 0 saturated carbocycles. The van der Waals surface area contributed by atoms with Crippen LogP contribution in [0.4, 0.5) is 0 Å². The van der Waals surface area contributed by atoms with Crippen molar-refractivity contribution < 1.29 is 8.42 Å². The lowest BCUT2D eigenvalue weighted by molar-refractivity contribution is 0.579. The van der Waals surface area contributed by atoms with Crippen molar-refractivity contribution in [2.75, 3.05) is 6.54 Å². The largest absolute Gasteiger partial charge is 0.240 e. The normalized spacial score (nSPS) is 11.8. The Morgan fingerprint density at radius 2 is 1.71 bits per heavy atom. The average molecular weight is 475 g/mol. The molecule has 4 aromatic rings. The first kappa shape index (κ1) is 21.8. The van der Waals surface area contributed by atoms with Crippen molar-refractivity contribution in [3.63, 3.8) is 0 Å². The summed E-state index contributed by atoms with van der Waals surface area (Å²) < 4.78 is 29.6. The highest BCUT2D eigenvalue weighted by Gasteiger charge is 2.13. The van der Waals surface area contributed by atoms with Gasteiger partial charge in [0, 0.05) is 35.1 Å². The van der Waals surface area contributed by atoms with Crippen molar-refractivity contribution in [1.82, 2.24) is 19.3 Å². The summed E-state index contributed by atoms with van der Waals surface area (Å²) in [6, 6.07) is 13.8. The minimum atomic E-state index is -3.60. The first-order valence-corrected chi connectivity index (χ1v) is 11.9. The van der Waals surface area contributed by atoms with Gasteiger partial charge in [0.1, 0.15) is 0 Å². The summed E-state index contributed by atoms with van der Waals surface area (Å²) in [5.74, 6) is 0. The molecule has 4 rings (SSSR count). The number of hydrogen-bond acceptors (Lipinski definition) is 4. The highest BCUT2D eigenvalue weighted by molar-refractivity contribution is 7.89. The standard InChI is InChI=1S/C22H20Cl2N4O2S/c1-15-9-22-25-13-16(14-28(22)27-15)3-2-8-26-31(29,30)21-6-4-17(5-7-21)18-10-19(23)12-20(24)11-18/h4-7,9-14,26H,2-3,8H2,1H3. The number of benzene rings is 2. The van der Waals surface area contributed by atoms with Crippen LogP contribution in [0.2, 0.25) is 10.0 Å². The Balaban J connectivity index is 1.36. The van der Waals surface area contributed by atoms with Crippen LogP contribution in [-0.2, 0) is 16.4 Å². The molecule has 0 saturated heterocycles. The number of nitrogens with zero attached hydrogens (tertiary/aromatic N) is 3. The number of nitrogens with one attached hydrogen (secondary N) is 1. The molecule has 0 spiro atoms. The van der Waals surface area contributed by atoms with E-state index in [9.17, 15) is 8.42 Å². The summed E-state index contributed by atoms with van der Waals surface area (Å²) in [5.41, 5.74) is 4.36. The van der Waals surface area contributed by atoms with Crippen molar-refractivity contribution in [3.8, 4) is 11.1 Å². The van der Waals surface area contributed by atoms with Gasteiger partial charge in [0.2, 0.25) is 10.0 Å². The van der Waals surface area contributed by atoms with Crippen LogP contribution in [0, 0.1) is 6.92 Å². The summed E-state index contributed by atoms with van der Waals surface area (Å²) in [5, 5.41) is 5.40. The predicted molar refractivity (Wildman–Crippen MR) is 123 cm³/mol. The summed E-state index contributed by atoms with van der Waals surface area (Å²) in [6.45, 7) is 2.24. The Morgan fingerprint density at radius 3 is 2.42 bits per heavy atom. The molecule has 31 heavy (non-hydrogen) atoms. The fraction of sp³-hybridized carbons (Fsp3) is 0.182. The van der Waals surface area contributed by atoms with Crippen molar-refractivity contribution in [2.24, 2.45) is 0 Å². The van der Waals surface area contributed by atoms with Gasteiger partial charge in [-0.15, -0.1) is 0 Å². The van der Waals surface area contributed by atoms with Crippen LogP contribution in [0.1, 0.15) is 17.7 Å². The molecule has 0 amide bonds. The zero-order chi connectivity index (χ0) is 22.0. The van der Waals surface area contributed by atoms with Crippen LogP contribution in [0.25, 0.3) is 16.8 Å². The average Bonchev–Trinajstić information content (AvgIpc) is 3.10. The summed E-state index contributed by atoms with van der Waals surface area (Å²) >= 11 is 12.1. The summed E-state index contributed by atoms with van der Waals surface area (Å²) in [4.78, 5) is 4.57. The van der Waals surface area contributed by atoms with Gasteiger partial charge < -0.3 is 0 Å². The maximum absolute atomic E-state index is 12.6. The number of halogens is 2. The number of rotatable bonds is 7. The van der Waals surface area contributed by atoms with Crippen molar-refractivity contribution in [2.45, 2.75) is 24.7 Å². The zero-order valence-electron chi connectivity index (χ0n) is 16.7. The van der Waals surface area contributed by atoms with E-state index in [0.29, 0.717) is 29.4 Å². The molecule has 2 aromatic heterocycles. The van der Waals surface area contributed by atoms with Gasteiger partial charge >= 0.3 is 0 Å². The summed E-state index contributed by atoms with van der Waals surface area (Å²) in [7, 11) is -3.60. The molecule has 160 valence electrons. The Labute approximate surface area is 190 Å². The van der Waals surface area contributed by atoms with Crippen LogP contribution in [-0.4, -0.2) is 29.6 Å². The zero-order valence-corrected chi connectivity index (χ0v) is 19.0. The van der Waals surface area contributed by atoms with E-state index in [2.05, 4.69) is 14.8 Å². The second kappa shape index (κ2) is 8.96. The number of fused-ring (bicyclic) bond motifs is 1. The van der Waals surface area contributed by atoms with Gasteiger partial charge in [0.15, 0.2) is 5.65 Å². The lowest BCUT2D eigenvalue weighted by atomic mass is 10.1. The molecule has 1 N–H and O–H groups in total. The minimum Gasteiger partial charge on any atom is -0.237 e. The van der Waals surface area contributed by atoms with Crippen LogP contribution < -0.4 is 4.72 Å². The highest BCUT2D eigenvalue weighted by atomic mass is 35.5. The molecule has 0 unspecified atom stereocenters. The van der Waals surface area contributed by atoms with Gasteiger partial charge in [0.05, 0.1) is 10.6 Å². The van der Waals surface area contributed by atoms with Gasteiger partial charge in [-0.25, -0.2) is 22.6 Å². The number of sulfonamides is 1. The SMILES string of the molecule is Cc1cc2ncc(CCCNS(=O)(=O)c3ccc(-c4cc(Cl)cc(Cl)c4)cc3)cn2n1. The topological polar surface area (TPSA) is 76.4 Å². The van der Waals surface area contributed by atoms with E-state index in [1.165, 1.54) is 0 Å². The Morgan fingerprint density at radius 1 is 1.00 bits per heavy atom. The lowest BCUT2D eigenvalue weighted by Gasteiger charge is -2.09. The van der Waals surface area contributed by atoms with Gasteiger partial charge in [-0.05, 0) is 66.8 Å². The molecular formula is C22H20Cl2N4O2S. The fourth-order valence-electron chi connectivity index (χ4n) is 3.29. The molecule has 9 heteroatoms. The van der Waals surface area contributed by atoms with Crippen LogP contribution in [0.15, 0.2) is 65.8 Å². The number of aromatic nitrogens is 3. The van der Waals surface area contributed by atoms with Crippen molar-refractivity contribution in [1.29, 1.82) is 0 Å². The van der Waals surface area contributed by atoms with E-state index in [1.54, 1.807) is 53.2 Å². The molecule has 0 radical (unpaired) electrons. The third-order valence-electron chi connectivity index (χ3n) is 4.78. The molecule has 0 fully saturated rings. The maximum atomic E-state index is 12.6. The Kier molecular flexibility index (Phi) is 6.29. The Bertz CT molecular complexity index is 1320. The van der Waals surface area contributed by atoms with E-state index in [1.807, 2.05) is 19.2 Å². The van der Waals surface area contributed by atoms with Crippen molar-refractivity contribution in [3.05, 3.63) is 82.2 Å². The fourth-order valence-corrected chi connectivity index (χ4v) is 4.89. The van der Waals surface area contributed by atoms with Crippen LogP contribution >= 0.6 is 23.2 Å². The highest BCUT2D eigenvalue weighted by Crippen LogP contribution is 2.28. The lowest BCUT2D eigenvalue weighted by Crippen LogP contribution is -2.25. The van der Waals surface area contributed by atoms with Gasteiger partial charge in [-0.3, -0.25) is 0 Å². The second-order valence-electron chi connectivity index (χ2n) is 7.23. The van der Waals surface area contributed by atoms with Crippen molar-refractivity contribution >= 4 is 38.9 Å². The molecule has 0 aliphatic rings. The number of hydrogen-bond donors (Lipinski definition) is 1. The third-order valence-corrected chi connectivity index (χ3v) is 6.70. The van der Waals surface area contributed by atoms with Gasteiger partial charge in [-0.2, -0.15) is 5.10 Å². The van der Waals surface area contributed by atoms with E-state index in [0.717, 1.165) is 28.0 Å². The molecule has 0 aliphatic heterocycles. The van der Waals surface area contributed by atoms with E-state index < -0.39 is 10.0 Å². The van der Waals surface area contributed by atoms with Gasteiger partial charge in [-0.1, -0.05) is 35.3 Å². The molecule has 2 heterocycles. The van der Waals surface area contributed by atoms with E-state index in [4.69, 9.17) is 23.2 Å². The first-order chi connectivity index (χ1) is 14.8. The quantitative estimate of drug-likeness (QED) is 0.385. The first-order valence-electron chi connectivity index (χ1n) is 9.67. The van der Waals surface area contributed by atoms with Gasteiger partial charge in [0.25, 0.3) is 0 Å². The molecule has 2 aromatic carbocycles. The smallest absolute Gasteiger partial charge is 0.237 e. The Hall–Kier alpha value is -2.45. The minimum absolute atomic E-state index is 0.208.